The van der Waals surface area contributed by atoms with E-state index in [1.54, 1.807) is 0 Å². The number of amides is 1. The Balaban J connectivity index is 2.84. The molecule has 0 atom stereocenters. The molecule has 0 saturated carbocycles. The van der Waals surface area contributed by atoms with Crippen molar-refractivity contribution in [3.63, 3.8) is 0 Å². The van der Waals surface area contributed by atoms with E-state index in [-0.39, 0.29) is 5.91 Å². The summed E-state index contributed by atoms with van der Waals surface area (Å²) in [5.41, 5.74) is 4.93. The summed E-state index contributed by atoms with van der Waals surface area (Å²) in [5.74, 6) is -0.221. The summed E-state index contributed by atoms with van der Waals surface area (Å²) < 4.78 is 5.09. The van der Waals surface area contributed by atoms with Gasteiger partial charge in [0.15, 0.2) is 0 Å². The predicted molar refractivity (Wildman–Crippen MR) is 40.6 cm³/mol. The minimum atomic E-state index is -0.221. The lowest BCUT2D eigenvalue weighted by atomic mass is 10.3. The molecule has 2 radical (unpaired) electrons. The highest BCUT2D eigenvalue weighted by atomic mass is 28.2. The van der Waals surface area contributed by atoms with Crippen LogP contribution in [-0.4, -0.2) is 22.3 Å². The lowest BCUT2D eigenvalue weighted by Crippen LogP contribution is -2.10. The first-order valence-electron chi connectivity index (χ1n) is 3.40. The van der Waals surface area contributed by atoms with Gasteiger partial charge in [-0.2, -0.15) is 0 Å². The Morgan fingerprint density at radius 1 is 1.70 bits per heavy atom. The summed E-state index contributed by atoms with van der Waals surface area (Å²) >= 11 is 0. The van der Waals surface area contributed by atoms with Crippen molar-refractivity contribution in [1.29, 1.82) is 0 Å². The normalized spacial score (nSPS) is 9.70. The number of hydrogen-bond acceptors (Lipinski definition) is 2. The Kier molecular flexibility index (Phi) is 6.52. The number of rotatable bonds is 6. The molecule has 0 aromatic carbocycles. The monoisotopic (exact) mass is 159 g/mol. The van der Waals surface area contributed by atoms with Crippen LogP contribution in [0.4, 0.5) is 0 Å². The van der Waals surface area contributed by atoms with Crippen molar-refractivity contribution in [3.05, 3.63) is 0 Å². The second-order valence-electron chi connectivity index (χ2n) is 1.90. The van der Waals surface area contributed by atoms with Gasteiger partial charge in [0.2, 0.25) is 15.7 Å². The Morgan fingerprint density at radius 2 is 2.40 bits per heavy atom. The molecule has 0 unspecified atom stereocenters. The highest BCUT2D eigenvalue weighted by Gasteiger charge is 1.94. The molecule has 3 nitrogen and oxygen atoms in total. The molecule has 0 saturated heterocycles. The van der Waals surface area contributed by atoms with E-state index in [0.717, 1.165) is 19.1 Å². The van der Waals surface area contributed by atoms with E-state index in [1.165, 1.54) is 0 Å². The first-order chi connectivity index (χ1) is 4.77. The number of carbonyl (C=O) groups excluding carboxylic acids is 1. The standard InChI is InChI=1S/C6H13NO2Si/c1-2-9-10-5-3-4-6(7)8/h2-5H2,1H3,(H2,7,8). The largest absolute Gasteiger partial charge is 0.418 e. The van der Waals surface area contributed by atoms with E-state index in [0.29, 0.717) is 16.2 Å². The number of hydrogen-bond donors (Lipinski definition) is 1. The van der Waals surface area contributed by atoms with Gasteiger partial charge in [0.05, 0.1) is 0 Å². The van der Waals surface area contributed by atoms with Gasteiger partial charge >= 0.3 is 0 Å². The molecule has 0 aromatic rings. The molecule has 58 valence electrons. The third kappa shape index (κ3) is 7.65. The lowest BCUT2D eigenvalue weighted by Gasteiger charge is -1.96. The van der Waals surface area contributed by atoms with Crippen LogP contribution in [-0.2, 0) is 9.22 Å². The SMILES string of the molecule is CCO[Si]CCCC(N)=O. The summed E-state index contributed by atoms with van der Waals surface area (Å²) in [7, 11) is 0.524. The van der Waals surface area contributed by atoms with Crippen LogP contribution in [0.1, 0.15) is 19.8 Å². The van der Waals surface area contributed by atoms with Crippen LogP contribution in [0.15, 0.2) is 0 Å². The van der Waals surface area contributed by atoms with Crippen LogP contribution < -0.4 is 5.73 Å². The van der Waals surface area contributed by atoms with Gasteiger partial charge in [-0.15, -0.1) is 0 Å². The zero-order valence-electron chi connectivity index (χ0n) is 6.22. The zero-order valence-corrected chi connectivity index (χ0v) is 7.22. The fraction of sp³-hybridized carbons (Fsp3) is 0.833. The maximum Gasteiger partial charge on any atom is 0.229 e. The number of nitrogens with two attached hydrogens (primary N) is 1. The van der Waals surface area contributed by atoms with Gasteiger partial charge in [0.25, 0.3) is 0 Å². The first kappa shape index (κ1) is 9.65. The van der Waals surface area contributed by atoms with E-state index in [1.807, 2.05) is 6.92 Å². The summed E-state index contributed by atoms with van der Waals surface area (Å²) in [4.78, 5) is 10.2. The number of primary amides is 1. The average molecular weight is 159 g/mol. The molecule has 0 aromatic heterocycles. The molecular formula is C6H13NO2Si. The van der Waals surface area contributed by atoms with Crippen LogP contribution in [0, 0.1) is 0 Å². The van der Waals surface area contributed by atoms with Gasteiger partial charge < -0.3 is 10.2 Å². The van der Waals surface area contributed by atoms with Gasteiger partial charge in [-0.3, -0.25) is 4.79 Å². The first-order valence-corrected chi connectivity index (χ1v) is 4.52. The second-order valence-corrected chi connectivity index (χ2v) is 2.97. The molecular weight excluding hydrogens is 146 g/mol. The Morgan fingerprint density at radius 3 is 2.90 bits per heavy atom. The molecule has 4 heteroatoms. The maximum atomic E-state index is 10.2. The van der Waals surface area contributed by atoms with E-state index < -0.39 is 0 Å². The topological polar surface area (TPSA) is 52.3 Å². The van der Waals surface area contributed by atoms with Crippen LogP contribution in [0.5, 0.6) is 0 Å². The average Bonchev–Trinajstić information content (AvgIpc) is 1.87. The third-order valence-corrected chi connectivity index (χ3v) is 2.00. The fourth-order valence-corrected chi connectivity index (χ4v) is 1.18. The van der Waals surface area contributed by atoms with Crippen LogP contribution in [0.2, 0.25) is 6.04 Å². The van der Waals surface area contributed by atoms with Crippen molar-refractivity contribution in [1.82, 2.24) is 0 Å². The Bertz CT molecular complexity index is 97.7. The second kappa shape index (κ2) is 6.76. The quantitative estimate of drug-likeness (QED) is 0.448. The van der Waals surface area contributed by atoms with E-state index in [9.17, 15) is 4.79 Å². The maximum absolute atomic E-state index is 10.2. The summed E-state index contributed by atoms with van der Waals surface area (Å²) in [6.07, 6.45) is 1.34. The highest BCUT2D eigenvalue weighted by Crippen LogP contribution is 1.93. The van der Waals surface area contributed by atoms with Crippen molar-refractivity contribution < 1.29 is 9.22 Å². The smallest absolute Gasteiger partial charge is 0.229 e. The summed E-state index contributed by atoms with van der Waals surface area (Å²) in [6, 6.07) is 0.955. The van der Waals surface area contributed by atoms with Gasteiger partial charge in [0, 0.05) is 13.0 Å². The van der Waals surface area contributed by atoms with E-state index in [2.05, 4.69) is 0 Å². The molecule has 0 aliphatic rings. The molecule has 10 heavy (non-hydrogen) atoms. The fourth-order valence-electron chi connectivity index (χ4n) is 0.509. The summed E-state index contributed by atoms with van der Waals surface area (Å²) in [5, 5.41) is 0. The van der Waals surface area contributed by atoms with Crippen LogP contribution >= 0.6 is 0 Å². The molecule has 0 spiro atoms. The minimum Gasteiger partial charge on any atom is -0.418 e. The lowest BCUT2D eigenvalue weighted by molar-refractivity contribution is -0.118. The molecule has 0 aliphatic carbocycles. The van der Waals surface area contributed by atoms with E-state index >= 15 is 0 Å². The van der Waals surface area contributed by atoms with Crippen molar-refractivity contribution in [2.24, 2.45) is 5.73 Å². The van der Waals surface area contributed by atoms with Gasteiger partial charge in [0.1, 0.15) is 0 Å². The highest BCUT2D eigenvalue weighted by molar-refractivity contribution is 6.27. The minimum absolute atomic E-state index is 0.221. The van der Waals surface area contributed by atoms with Gasteiger partial charge in [-0.25, -0.2) is 0 Å². The molecule has 0 rings (SSSR count). The third-order valence-electron chi connectivity index (χ3n) is 0.948. The number of carbonyl (C=O) groups is 1. The summed E-state index contributed by atoms with van der Waals surface area (Å²) in [6.45, 7) is 2.72. The van der Waals surface area contributed by atoms with Gasteiger partial charge in [-0.1, -0.05) is 0 Å². The van der Waals surface area contributed by atoms with E-state index in [4.69, 9.17) is 10.2 Å². The molecule has 0 aliphatic heterocycles. The van der Waals surface area contributed by atoms with Gasteiger partial charge in [-0.05, 0) is 19.4 Å². The van der Waals surface area contributed by atoms with Crippen LogP contribution in [0.3, 0.4) is 0 Å². The molecule has 2 N–H and O–H groups in total. The van der Waals surface area contributed by atoms with Crippen molar-refractivity contribution in [2.45, 2.75) is 25.8 Å². The zero-order chi connectivity index (χ0) is 7.82. The molecule has 0 bridgehead atoms. The molecule has 1 amide bonds. The van der Waals surface area contributed by atoms with Crippen molar-refractivity contribution in [3.8, 4) is 0 Å². The van der Waals surface area contributed by atoms with Crippen molar-refractivity contribution >= 4 is 15.7 Å². The van der Waals surface area contributed by atoms with Crippen LogP contribution in [0.25, 0.3) is 0 Å². The molecule has 0 heterocycles. The Labute approximate surface area is 63.9 Å². The Hall–Kier alpha value is -0.353. The molecule has 0 fully saturated rings. The predicted octanol–water partition coefficient (Wildman–Crippen LogP) is 0.326. The van der Waals surface area contributed by atoms with Crippen molar-refractivity contribution in [2.75, 3.05) is 6.61 Å².